The standard InChI is InChI=1S/C25H38N6O2/c1-17(2)16-31-12-9-18(10-13-31)22-15-27-25(29-20-8-11-26-23(14-20)33-3)30-24(22)28-19-4-6-21(32)7-5-19/h8,11,14-15,17-19,21,32H,4-7,9-10,12-13,16H2,1-3H3,(H2,26,27,28,29,30)/t19-,21-. The molecule has 2 aromatic heterocycles. The Morgan fingerprint density at radius 1 is 1.12 bits per heavy atom. The molecule has 2 aromatic rings. The van der Waals surface area contributed by atoms with E-state index in [0.29, 0.717) is 29.7 Å². The molecule has 0 spiro atoms. The Hall–Kier alpha value is -2.45. The van der Waals surface area contributed by atoms with Crippen molar-refractivity contribution < 1.29 is 9.84 Å². The first-order valence-electron chi connectivity index (χ1n) is 12.3. The second-order valence-electron chi connectivity index (χ2n) is 9.83. The van der Waals surface area contributed by atoms with E-state index in [2.05, 4.69) is 39.3 Å². The number of methoxy groups -OCH3 is 1. The zero-order valence-electron chi connectivity index (χ0n) is 20.1. The smallest absolute Gasteiger partial charge is 0.229 e. The Bertz CT molecular complexity index is 892. The number of aliphatic hydroxyl groups is 1. The highest BCUT2D eigenvalue weighted by molar-refractivity contribution is 5.57. The second kappa shape index (κ2) is 11.1. The van der Waals surface area contributed by atoms with Gasteiger partial charge in [0.05, 0.1) is 13.2 Å². The molecule has 3 heterocycles. The fraction of sp³-hybridized carbons (Fsp3) is 0.640. The molecule has 0 atom stereocenters. The highest BCUT2D eigenvalue weighted by atomic mass is 16.5. The van der Waals surface area contributed by atoms with E-state index in [1.165, 1.54) is 5.56 Å². The lowest BCUT2D eigenvalue weighted by Gasteiger charge is -2.34. The van der Waals surface area contributed by atoms with E-state index in [1.807, 2.05) is 18.3 Å². The average molecular weight is 455 g/mol. The number of piperidine rings is 1. The Balaban J connectivity index is 1.52. The van der Waals surface area contributed by atoms with E-state index in [1.54, 1.807) is 13.3 Å². The van der Waals surface area contributed by atoms with Crippen molar-refractivity contribution in [3.05, 3.63) is 30.1 Å². The molecule has 3 N–H and O–H groups in total. The highest BCUT2D eigenvalue weighted by Gasteiger charge is 2.26. The first-order chi connectivity index (χ1) is 16.0. The number of hydrogen-bond donors (Lipinski definition) is 3. The summed E-state index contributed by atoms with van der Waals surface area (Å²) in [6.07, 6.45) is 9.39. The molecule has 0 bridgehead atoms. The normalized spacial score (nSPS) is 22.3. The first kappa shape index (κ1) is 23.7. The fourth-order valence-electron chi connectivity index (χ4n) is 4.95. The minimum absolute atomic E-state index is 0.169. The predicted octanol–water partition coefficient (Wildman–Crippen LogP) is 4.17. The van der Waals surface area contributed by atoms with Crippen LogP contribution in [0.2, 0.25) is 0 Å². The first-order valence-corrected chi connectivity index (χ1v) is 12.3. The maximum Gasteiger partial charge on any atom is 0.229 e. The Morgan fingerprint density at radius 2 is 1.88 bits per heavy atom. The molecule has 0 aromatic carbocycles. The number of aliphatic hydroxyl groups excluding tert-OH is 1. The van der Waals surface area contributed by atoms with Gasteiger partial charge in [-0.3, -0.25) is 0 Å². The largest absolute Gasteiger partial charge is 0.481 e. The number of ether oxygens (including phenoxy) is 1. The van der Waals surface area contributed by atoms with Crippen LogP contribution < -0.4 is 15.4 Å². The summed E-state index contributed by atoms with van der Waals surface area (Å²) in [6.45, 7) is 7.97. The van der Waals surface area contributed by atoms with Gasteiger partial charge >= 0.3 is 0 Å². The summed E-state index contributed by atoms with van der Waals surface area (Å²) >= 11 is 0. The van der Waals surface area contributed by atoms with E-state index in [0.717, 1.165) is 69.7 Å². The summed E-state index contributed by atoms with van der Waals surface area (Å²) in [5, 5.41) is 16.9. The molecule has 0 unspecified atom stereocenters. The van der Waals surface area contributed by atoms with Crippen molar-refractivity contribution in [3.8, 4) is 5.88 Å². The molecule has 2 fully saturated rings. The number of aromatic nitrogens is 3. The van der Waals surface area contributed by atoms with Crippen LogP contribution in [0, 0.1) is 5.92 Å². The molecule has 4 rings (SSSR count). The summed E-state index contributed by atoms with van der Waals surface area (Å²) in [7, 11) is 1.60. The molecular weight excluding hydrogens is 416 g/mol. The van der Waals surface area contributed by atoms with Crippen LogP contribution in [0.25, 0.3) is 0 Å². The number of anilines is 3. The lowest BCUT2D eigenvalue weighted by molar-refractivity contribution is 0.126. The van der Waals surface area contributed by atoms with Crippen LogP contribution in [-0.4, -0.2) is 63.8 Å². The summed E-state index contributed by atoms with van der Waals surface area (Å²) in [5.41, 5.74) is 2.05. The second-order valence-corrected chi connectivity index (χ2v) is 9.83. The number of pyridine rings is 1. The minimum Gasteiger partial charge on any atom is -0.481 e. The van der Waals surface area contributed by atoms with Gasteiger partial charge in [-0.15, -0.1) is 0 Å². The zero-order chi connectivity index (χ0) is 23.2. The summed E-state index contributed by atoms with van der Waals surface area (Å²) in [6, 6.07) is 4.04. The molecule has 0 radical (unpaired) electrons. The summed E-state index contributed by atoms with van der Waals surface area (Å²) < 4.78 is 5.23. The van der Waals surface area contributed by atoms with Crippen LogP contribution in [0.4, 0.5) is 17.5 Å². The lowest BCUT2D eigenvalue weighted by Crippen LogP contribution is -2.36. The van der Waals surface area contributed by atoms with Gasteiger partial charge in [-0.25, -0.2) is 9.97 Å². The van der Waals surface area contributed by atoms with Crippen molar-refractivity contribution in [1.29, 1.82) is 0 Å². The molecule has 2 aliphatic rings. The van der Waals surface area contributed by atoms with Gasteiger partial charge in [0.15, 0.2) is 0 Å². The van der Waals surface area contributed by atoms with Crippen LogP contribution in [0.5, 0.6) is 5.88 Å². The van der Waals surface area contributed by atoms with E-state index in [4.69, 9.17) is 9.72 Å². The maximum atomic E-state index is 9.91. The molecule has 1 saturated heterocycles. The van der Waals surface area contributed by atoms with Crippen molar-refractivity contribution in [2.24, 2.45) is 5.92 Å². The van der Waals surface area contributed by atoms with Crippen LogP contribution in [0.1, 0.15) is 63.9 Å². The average Bonchev–Trinajstić information content (AvgIpc) is 2.81. The Kier molecular flexibility index (Phi) is 7.98. The van der Waals surface area contributed by atoms with E-state index >= 15 is 0 Å². The molecule has 8 heteroatoms. The minimum atomic E-state index is -0.169. The third-order valence-electron chi connectivity index (χ3n) is 6.71. The van der Waals surface area contributed by atoms with Crippen LogP contribution in [0.15, 0.2) is 24.5 Å². The van der Waals surface area contributed by atoms with Crippen LogP contribution in [0.3, 0.4) is 0 Å². The quantitative estimate of drug-likeness (QED) is 0.547. The van der Waals surface area contributed by atoms with Gasteiger partial charge in [-0.05, 0) is 69.5 Å². The number of likely N-dealkylation sites (tertiary alicyclic amines) is 1. The van der Waals surface area contributed by atoms with Crippen LogP contribution in [-0.2, 0) is 0 Å². The third kappa shape index (κ3) is 6.54. The number of rotatable bonds is 8. The predicted molar refractivity (Wildman–Crippen MR) is 131 cm³/mol. The van der Waals surface area contributed by atoms with Crippen LogP contribution >= 0.6 is 0 Å². The van der Waals surface area contributed by atoms with Crippen molar-refractivity contribution in [3.63, 3.8) is 0 Å². The summed E-state index contributed by atoms with van der Waals surface area (Å²) in [5.74, 6) is 3.18. The third-order valence-corrected chi connectivity index (χ3v) is 6.71. The lowest BCUT2D eigenvalue weighted by atomic mass is 9.89. The van der Waals surface area contributed by atoms with Gasteiger partial charge in [0, 0.05) is 42.3 Å². The van der Waals surface area contributed by atoms with Gasteiger partial charge in [-0.1, -0.05) is 13.8 Å². The number of nitrogens with zero attached hydrogens (tertiary/aromatic N) is 4. The summed E-state index contributed by atoms with van der Waals surface area (Å²) in [4.78, 5) is 16.3. The molecule has 8 nitrogen and oxygen atoms in total. The van der Waals surface area contributed by atoms with Crippen molar-refractivity contribution in [1.82, 2.24) is 19.9 Å². The van der Waals surface area contributed by atoms with Crippen molar-refractivity contribution in [2.45, 2.75) is 70.4 Å². The molecule has 1 aliphatic heterocycles. The van der Waals surface area contributed by atoms with Crippen molar-refractivity contribution >= 4 is 17.5 Å². The monoisotopic (exact) mass is 454 g/mol. The van der Waals surface area contributed by atoms with Gasteiger partial charge in [0.25, 0.3) is 0 Å². The van der Waals surface area contributed by atoms with E-state index in [-0.39, 0.29) is 6.10 Å². The van der Waals surface area contributed by atoms with Gasteiger partial charge in [-0.2, -0.15) is 4.98 Å². The van der Waals surface area contributed by atoms with Gasteiger partial charge < -0.3 is 25.4 Å². The van der Waals surface area contributed by atoms with E-state index in [9.17, 15) is 5.11 Å². The Labute approximate surface area is 197 Å². The molecule has 1 aliphatic carbocycles. The zero-order valence-corrected chi connectivity index (χ0v) is 20.1. The molecule has 33 heavy (non-hydrogen) atoms. The molecule has 1 saturated carbocycles. The SMILES string of the molecule is COc1cc(Nc2ncc(C3CCN(CC(C)C)CC3)c(N[C@H]3CC[C@H](O)CC3)n2)ccn1. The van der Waals surface area contributed by atoms with Gasteiger partial charge in [0.1, 0.15) is 5.82 Å². The topological polar surface area (TPSA) is 95.4 Å². The molecular formula is C25H38N6O2. The maximum absolute atomic E-state index is 9.91. The number of nitrogens with one attached hydrogen (secondary N) is 2. The van der Waals surface area contributed by atoms with E-state index < -0.39 is 0 Å². The molecule has 0 amide bonds. The van der Waals surface area contributed by atoms with Crippen molar-refractivity contribution in [2.75, 3.05) is 37.4 Å². The molecule has 180 valence electrons. The highest BCUT2D eigenvalue weighted by Crippen LogP contribution is 2.34. The number of hydrogen-bond acceptors (Lipinski definition) is 8. The Morgan fingerprint density at radius 3 is 2.58 bits per heavy atom. The van der Waals surface area contributed by atoms with Gasteiger partial charge in [0.2, 0.25) is 11.8 Å². The fourth-order valence-corrected chi connectivity index (χ4v) is 4.95.